The number of benzene rings is 3. The first-order valence-electron chi connectivity index (χ1n) is 10.1. The summed E-state index contributed by atoms with van der Waals surface area (Å²) >= 11 is 6.17. The molecule has 0 aliphatic carbocycles. The number of hydrogen-bond acceptors (Lipinski definition) is 5. The smallest absolute Gasteiger partial charge is 0.271 e. The summed E-state index contributed by atoms with van der Waals surface area (Å²) < 4.78 is 0. The summed E-state index contributed by atoms with van der Waals surface area (Å²) in [6, 6.07) is 22.8. The first-order chi connectivity index (χ1) is 15.4. The maximum absolute atomic E-state index is 13.2. The molecule has 8 heteroatoms. The molecule has 0 radical (unpaired) electrons. The van der Waals surface area contributed by atoms with Gasteiger partial charge in [-0.3, -0.25) is 14.9 Å². The third-order valence-corrected chi connectivity index (χ3v) is 5.45. The van der Waals surface area contributed by atoms with Crippen LogP contribution in [0, 0.1) is 10.1 Å². The van der Waals surface area contributed by atoms with Gasteiger partial charge in [-0.25, -0.2) is 0 Å². The van der Waals surface area contributed by atoms with Crippen molar-refractivity contribution in [1.82, 2.24) is 10.2 Å². The van der Waals surface area contributed by atoms with Crippen LogP contribution in [0.3, 0.4) is 0 Å². The van der Waals surface area contributed by atoms with Crippen LogP contribution in [0.2, 0.25) is 5.02 Å². The van der Waals surface area contributed by atoms with E-state index in [0.717, 1.165) is 11.1 Å². The molecule has 0 aromatic heterocycles. The van der Waals surface area contributed by atoms with Crippen molar-refractivity contribution in [3.63, 3.8) is 0 Å². The molecule has 32 heavy (non-hydrogen) atoms. The number of anilines is 1. The Bertz CT molecular complexity index is 1060. The van der Waals surface area contributed by atoms with Crippen LogP contribution >= 0.6 is 11.6 Å². The lowest BCUT2D eigenvalue weighted by molar-refractivity contribution is -0.384. The van der Waals surface area contributed by atoms with E-state index >= 15 is 0 Å². The number of rotatable bonds is 9. The minimum absolute atomic E-state index is 0.0539. The van der Waals surface area contributed by atoms with Gasteiger partial charge in [0.05, 0.1) is 15.6 Å². The number of likely N-dealkylation sites (N-methyl/N-ethyl adjacent to an activating group) is 1. The van der Waals surface area contributed by atoms with Gasteiger partial charge >= 0.3 is 0 Å². The van der Waals surface area contributed by atoms with Crippen LogP contribution in [0.15, 0.2) is 78.9 Å². The zero-order valence-electron chi connectivity index (χ0n) is 17.9. The molecule has 0 aliphatic heterocycles. The maximum atomic E-state index is 13.2. The van der Waals surface area contributed by atoms with Gasteiger partial charge in [0.2, 0.25) is 5.91 Å². The lowest BCUT2D eigenvalue weighted by Gasteiger charge is -2.28. The molecule has 0 heterocycles. The van der Waals surface area contributed by atoms with E-state index < -0.39 is 11.0 Å². The van der Waals surface area contributed by atoms with Crippen LogP contribution in [-0.4, -0.2) is 36.4 Å². The molecule has 7 nitrogen and oxygen atoms in total. The fourth-order valence-corrected chi connectivity index (χ4v) is 3.66. The summed E-state index contributed by atoms with van der Waals surface area (Å²) in [4.78, 5) is 25.7. The minimum Gasteiger partial charge on any atom is -0.323 e. The Labute approximate surface area is 192 Å². The fraction of sp³-hybridized carbons (Fsp3) is 0.208. The Morgan fingerprint density at radius 2 is 1.59 bits per heavy atom. The molecule has 2 N–H and O–H groups in total. The largest absolute Gasteiger partial charge is 0.323 e. The first-order valence-corrected chi connectivity index (χ1v) is 10.5. The Morgan fingerprint density at radius 1 is 1.00 bits per heavy atom. The van der Waals surface area contributed by atoms with E-state index in [2.05, 4.69) is 27.7 Å². The Kier molecular flexibility index (Phi) is 7.94. The first kappa shape index (κ1) is 23.4. The summed E-state index contributed by atoms with van der Waals surface area (Å²) in [6.45, 7) is 0.526. The van der Waals surface area contributed by atoms with Crippen LogP contribution in [0.4, 0.5) is 11.4 Å². The highest BCUT2D eigenvalue weighted by molar-refractivity contribution is 6.34. The second-order valence-electron chi connectivity index (χ2n) is 7.55. The minimum atomic E-state index is -0.645. The molecule has 0 spiro atoms. The summed E-state index contributed by atoms with van der Waals surface area (Å²) in [7, 11) is 3.99. The molecular weight excluding hydrogens is 428 g/mol. The number of nitrogens with zero attached hydrogens (tertiary/aromatic N) is 2. The van der Waals surface area contributed by atoms with E-state index in [1.165, 1.54) is 18.2 Å². The number of carbonyl (C=O) groups is 1. The van der Waals surface area contributed by atoms with Crippen molar-refractivity contribution in [1.29, 1.82) is 0 Å². The highest BCUT2D eigenvalue weighted by atomic mass is 35.5. The topological polar surface area (TPSA) is 87.5 Å². The van der Waals surface area contributed by atoms with E-state index in [1.807, 2.05) is 62.6 Å². The Hall–Kier alpha value is -3.26. The van der Waals surface area contributed by atoms with Crippen LogP contribution < -0.4 is 10.6 Å². The van der Waals surface area contributed by atoms with Crippen LogP contribution in [0.1, 0.15) is 23.2 Å². The summed E-state index contributed by atoms with van der Waals surface area (Å²) in [5.74, 6) is -0.308. The zero-order valence-corrected chi connectivity index (χ0v) is 18.6. The van der Waals surface area contributed by atoms with Gasteiger partial charge in [-0.15, -0.1) is 0 Å². The van der Waals surface area contributed by atoms with Gasteiger partial charge in [-0.05, 0) is 31.3 Å². The number of carbonyl (C=O) groups excluding carboxylic acids is 1. The number of nitrogens with one attached hydrogen (secondary N) is 2. The standard InChI is InChI=1S/C24H25ClN4O3/c1-28(2)22(17-9-5-3-6-10-17)16-26-23(18-11-7-4-8-12-18)24(30)27-21-14-13-19(29(31)32)15-20(21)25/h3-15,22-23,26H,16H2,1-2H3,(H,27,30)/t22-,23-/m0/s1. The van der Waals surface area contributed by atoms with E-state index in [0.29, 0.717) is 12.2 Å². The van der Waals surface area contributed by atoms with Crippen molar-refractivity contribution in [2.24, 2.45) is 0 Å². The van der Waals surface area contributed by atoms with Crippen molar-refractivity contribution in [2.45, 2.75) is 12.1 Å². The average molecular weight is 453 g/mol. The second-order valence-corrected chi connectivity index (χ2v) is 7.96. The van der Waals surface area contributed by atoms with Crippen molar-refractivity contribution in [2.75, 3.05) is 26.0 Å². The summed E-state index contributed by atoms with van der Waals surface area (Å²) in [6.07, 6.45) is 0. The number of amides is 1. The predicted octanol–water partition coefficient (Wildman–Crippen LogP) is 4.82. The molecule has 3 aromatic rings. The quantitative estimate of drug-likeness (QED) is 0.359. The van der Waals surface area contributed by atoms with E-state index in [-0.39, 0.29) is 22.7 Å². The second kappa shape index (κ2) is 10.9. The monoisotopic (exact) mass is 452 g/mol. The predicted molar refractivity (Wildman–Crippen MR) is 127 cm³/mol. The molecule has 3 rings (SSSR count). The highest BCUT2D eigenvalue weighted by Crippen LogP contribution is 2.28. The van der Waals surface area contributed by atoms with Crippen LogP contribution in [0.5, 0.6) is 0 Å². The van der Waals surface area contributed by atoms with Gasteiger partial charge in [0, 0.05) is 24.7 Å². The number of non-ortho nitro benzene ring substituents is 1. The molecule has 166 valence electrons. The van der Waals surface area contributed by atoms with Crippen molar-refractivity contribution in [3.8, 4) is 0 Å². The molecule has 0 unspecified atom stereocenters. The van der Waals surface area contributed by atoms with Gasteiger partial charge in [0.25, 0.3) is 5.69 Å². The van der Waals surface area contributed by atoms with Crippen molar-refractivity contribution >= 4 is 28.9 Å². The molecule has 3 aromatic carbocycles. The van der Waals surface area contributed by atoms with Crippen molar-refractivity contribution < 1.29 is 9.72 Å². The third kappa shape index (κ3) is 5.91. The average Bonchev–Trinajstić information content (AvgIpc) is 2.78. The number of hydrogen-bond donors (Lipinski definition) is 2. The van der Waals surface area contributed by atoms with Gasteiger partial charge in [-0.2, -0.15) is 0 Å². The van der Waals surface area contributed by atoms with E-state index in [4.69, 9.17) is 11.6 Å². The van der Waals surface area contributed by atoms with E-state index in [9.17, 15) is 14.9 Å². The SMILES string of the molecule is CN(C)[C@@H](CN[C@H](C(=O)Nc1ccc([N+](=O)[O-])cc1Cl)c1ccccc1)c1ccccc1. The molecule has 2 atom stereocenters. The number of halogens is 1. The number of nitro groups is 1. The lowest BCUT2D eigenvalue weighted by Crippen LogP contribution is -2.38. The molecule has 0 fully saturated rings. The molecule has 0 saturated heterocycles. The van der Waals surface area contributed by atoms with Gasteiger partial charge in [0.15, 0.2) is 0 Å². The Balaban J connectivity index is 1.82. The lowest BCUT2D eigenvalue weighted by atomic mass is 10.0. The van der Waals surface area contributed by atoms with Gasteiger partial charge in [0.1, 0.15) is 6.04 Å². The summed E-state index contributed by atoms with van der Waals surface area (Å²) in [5, 5.41) is 17.2. The highest BCUT2D eigenvalue weighted by Gasteiger charge is 2.24. The Morgan fingerprint density at radius 3 is 2.12 bits per heavy atom. The van der Waals surface area contributed by atoms with Crippen LogP contribution in [-0.2, 0) is 4.79 Å². The molecular formula is C24H25ClN4O3. The maximum Gasteiger partial charge on any atom is 0.271 e. The normalized spacial score (nSPS) is 12.9. The van der Waals surface area contributed by atoms with Crippen LogP contribution in [0.25, 0.3) is 0 Å². The molecule has 0 bridgehead atoms. The third-order valence-electron chi connectivity index (χ3n) is 5.14. The molecule has 1 amide bonds. The van der Waals surface area contributed by atoms with Gasteiger partial charge in [-0.1, -0.05) is 72.3 Å². The molecule has 0 aliphatic rings. The summed E-state index contributed by atoms with van der Waals surface area (Å²) in [5.41, 5.74) is 2.11. The van der Waals surface area contributed by atoms with Gasteiger partial charge < -0.3 is 15.5 Å². The fourth-order valence-electron chi connectivity index (χ4n) is 3.43. The zero-order chi connectivity index (χ0) is 23.1. The number of nitro benzene ring substituents is 1. The molecule has 0 saturated carbocycles. The van der Waals surface area contributed by atoms with Crippen molar-refractivity contribution in [3.05, 3.63) is 105 Å². The van der Waals surface area contributed by atoms with E-state index in [1.54, 1.807) is 0 Å².